The number of carbonyl (C=O) groups excluding carboxylic acids is 2. The molecule has 0 unspecified atom stereocenters. The Bertz CT molecular complexity index is 3500. The van der Waals surface area contributed by atoms with Gasteiger partial charge in [0.15, 0.2) is 20.2 Å². The van der Waals surface area contributed by atoms with E-state index in [4.69, 9.17) is 51.4 Å². The molecule has 3 aromatic heterocycles. The van der Waals surface area contributed by atoms with Crippen molar-refractivity contribution in [3.63, 3.8) is 0 Å². The molecule has 9 rings (SSSR count). The summed E-state index contributed by atoms with van der Waals surface area (Å²) in [5.41, 5.74) is -7.06. The van der Waals surface area contributed by atoms with Gasteiger partial charge in [0.1, 0.15) is 11.4 Å². The fraction of sp³-hybridized carbons (Fsp3) is 0.0784. The van der Waals surface area contributed by atoms with Crippen molar-refractivity contribution in [2.75, 3.05) is 10.6 Å². The number of fused-ring (bicyclic) bond motifs is 4. The third-order valence-corrected chi connectivity index (χ3v) is 11.0. The first-order valence-electron chi connectivity index (χ1n) is 20.9. The maximum Gasteiger partial charge on any atom is 2.00 e. The third kappa shape index (κ3) is 15.4. The predicted molar refractivity (Wildman–Crippen MR) is 264 cm³/mol. The van der Waals surface area contributed by atoms with Gasteiger partial charge in [-0.05, 0) is 70.1 Å². The van der Waals surface area contributed by atoms with Crippen molar-refractivity contribution in [1.29, 1.82) is 10.5 Å². The van der Waals surface area contributed by atoms with Gasteiger partial charge in [0.25, 0.3) is 11.8 Å². The Morgan fingerprint density at radius 2 is 0.680 bits per heavy atom. The fourth-order valence-electron chi connectivity index (χ4n) is 6.78. The molecule has 0 aliphatic carbocycles. The van der Waals surface area contributed by atoms with Gasteiger partial charge in [0.05, 0.1) is 46.3 Å². The van der Waals surface area contributed by atoms with Gasteiger partial charge < -0.3 is 19.7 Å². The van der Waals surface area contributed by atoms with E-state index >= 15 is 0 Å². The van der Waals surface area contributed by atoms with Crippen LogP contribution in [0, 0.1) is 22.7 Å². The van der Waals surface area contributed by atoms with Gasteiger partial charge in [-0.3, -0.25) is 9.59 Å². The SMILES string of the molecule is CC#N.CC#N.O=C(Nc1c2ccccc2cc2ccccc12)c1cccc(-c2cccc(-c3cccc(C(=O)Nc4c5ccccc5cc5ccccc45)n3)n2)n1.O=S(=O)([O-])C(F)(F)F.O=S(=O)([O-])C(F)(F)F.[Zn+2]. The topological polar surface area (TPSA) is 259 Å². The number of amides is 2. The van der Waals surface area contributed by atoms with Gasteiger partial charge in [-0.15, -0.1) is 0 Å². The van der Waals surface area contributed by atoms with Crippen molar-refractivity contribution >= 4 is 86.5 Å². The number of benzene rings is 6. The van der Waals surface area contributed by atoms with Crippen LogP contribution in [0.2, 0.25) is 0 Å². The summed E-state index contributed by atoms with van der Waals surface area (Å²) in [4.78, 5) is 41.7. The molecule has 3 heterocycles. The molecule has 0 spiro atoms. The first-order valence-corrected chi connectivity index (χ1v) is 23.8. The Morgan fingerprint density at radius 3 is 0.933 bits per heavy atom. The molecule has 2 amide bonds. The summed E-state index contributed by atoms with van der Waals surface area (Å²) in [7, 11) is -12.2. The number of pyridine rings is 3. The normalized spacial score (nSPS) is 11.0. The standard InChI is InChI=1S/C45H29N5O2.2C2H3N.2CHF3O3S.Zn/c51-44(49-42-32-16-5-1-12-28(32)26-29-13-2-6-17-33(29)42)40-24-10-22-38(47-40)36-20-9-21-37(46-36)39-23-11-25-41(48-39)45(52)50-43-34-18-7-3-14-30(34)27-31-15-4-8-19-35(31)43;2*1-2-3;2*2-1(3,4)8(5,6)7;/h1-27H,(H,49,51)(H,50,52);2*1H3;2*(H,5,6,7);/q;;;;;+2/p-2. The Labute approximate surface area is 436 Å². The largest absolute Gasteiger partial charge is 2.00 e. The molecule has 0 aliphatic heterocycles. The second kappa shape index (κ2) is 25.6. The van der Waals surface area contributed by atoms with Crippen molar-refractivity contribution < 1.29 is 81.4 Å². The van der Waals surface area contributed by atoms with Gasteiger partial charge in [-0.1, -0.05) is 115 Å². The monoisotopic (exact) mass is 1120 g/mol. The third-order valence-electron chi connectivity index (χ3n) is 9.82. The van der Waals surface area contributed by atoms with E-state index < -0.39 is 31.3 Å². The van der Waals surface area contributed by atoms with Gasteiger partial charge in [0, 0.05) is 35.4 Å². The van der Waals surface area contributed by atoms with Crippen LogP contribution in [0.5, 0.6) is 0 Å². The Hall–Kier alpha value is -8.25. The van der Waals surface area contributed by atoms with Crippen molar-refractivity contribution in [3.8, 4) is 34.9 Å². The number of nitriles is 2. The molecule has 0 fully saturated rings. The number of nitrogens with one attached hydrogen (secondary N) is 2. The molecule has 2 N–H and O–H groups in total. The van der Waals surface area contributed by atoms with E-state index in [2.05, 4.69) is 22.8 Å². The van der Waals surface area contributed by atoms with Gasteiger partial charge in [-0.25, -0.2) is 31.8 Å². The van der Waals surface area contributed by atoms with E-state index in [1.807, 2.05) is 127 Å². The first-order chi connectivity index (χ1) is 34.9. The molecule has 75 heavy (non-hydrogen) atoms. The van der Waals surface area contributed by atoms with Crippen LogP contribution in [0.4, 0.5) is 37.7 Å². The van der Waals surface area contributed by atoms with E-state index in [1.54, 1.807) is 36.4 Å². The van der Waals surface area contributed by atoms with Crippen LogP contribution in [0.25, 0.3) is 65.9 Å². The predicted octanol–water partition coefficient (Wildman–Crippen LogP) is 11.5. The molecule has 0 aliphatic rings. The molecule has 0 saturated carbocycles. The van der Waals surface area contributed by atoms with Crippen LogP contribution in [0.15, 0.2) is 164 Å². The molecule has 24 heteroatoms. The molecule has 378 valence electrons. The molecular weight excluding hydrogens is 1080 g/mol. The van der Waals surface area contributed by atoms with E-state index in [0.29, 0.717) is 22.8 Å². The van der Waals surface area contributed by atoms with Gasteiger partial charge in [-0.2, -0.15) is 36.9 Å². The average Bonchev–Trinajstić information content (AvgIpc) is 3.36. The van der Waals surface area contributed by atoms with E-state index in [-0.39, 0.29) is 42.7 Å². The fourth-order valence-corrected chi connectivity index (χ4v) is 6.78. The number of halogens is 6. The van der Waals surface area contributed by atoms with Crippen molar-refractivity contribution in [2.45, 2.75) is 24.9 Å². The zero-order valence-electron chi connectivity index (χ0n) is 38.9. The number of hydrogen-bond acceptors (Lipinski definition) is 13. The zero-order valence-corrected chi connectivity index (χ0v) is 43.5. The van der Waals surface area contributed by atoms with Crippen molar-refractivity contribution in [1.82, 2.24) is 15.0 Å². The average molecular weight is 1120 g/mol. The van der Waals surface area contributed by atoms with Crippen molar-refractivity contribution in [3.05, 3.63) is 175 Å². The quantitative estimate of drug-likeness (QED) is 0.0517. The van der Waals surface area contributed by atoms with E-state index in [1.165, 1.54) is 13.8 Å². The van der Waals surface area contributed by atoms with Crippen LogP contribution in [0.3, 0.4) is 0 Å². The van der Waals surface area contributed by atoms with Crippen molar-refractivity contribution in [2.24, 2.45) is 0 Å². The van der Waals surface area contributed by atoms with Crippen LogP contribution in [-0.2, 0) is 39.7 Å². The summed E-state index contributed by atoms with van der Waals surface area (Å²) in [5, 5.41) is 28.9. The number of hydrogen-bond donors (Lipinski definition) is 2. The van der Waals surface area contributed by atoms with E-state index in [9.17, 15) is 35.9 Å². The van der Waals surface area contributed by atoms with Gasteiger partial charge in [0.2, 0.25) is 0 Å². The number of carbonyl (C=O) groups is 2. The van der Waals surface area contributed by atoms with E-state index in [0.717, 1.165) is 54.5 Å². The zero-order chi connectivity index (χ0) is 54.4. The second-order valence-electron chi connectivity index (χ2n) is 14.8. The Morgan fingerprint density at radius 1 is 0.453 bits per heavy atom. The number of anilines is 2. The minimum Gasteiger partial charge on any atom is -0.741 e. The van der Waals surface area contributed by atoms with Crippen LogP contribution in [0.1, 0.15) is 34.8 Å². The molecule has 15 nitrogen and oxygen atoms in total. The first kappa shape index (κ1) is 59.3. The van der Waals surface area contributed by atoms with Gasteiger partial charge >= 0.3 is 30.5 Å². The number of alkyl halides is 6. The number of nitrogens with zero attached hydrogens (tertiary/aromatic N) is 5. The summed E-state index contributed by atoms with van der Waals surface area (Å²) in [5.74, 6) is -0.641. The van der Waals surface area contributed by atoms with Crippen LogP contribution >= 0.6 is 0 Å². The Balaban J connectivity index is 0.000000448. The minimum atomic E-state index is -6.09. The summed E-state index contributed by atoms with van der Waals surface area (Å²) in [6.07, 6.45) is 0. The van der Waals surface area contributed by atoms with Crippen LogP contribution in [-0.4, -0.2) is 63.7 Å². The molecule has 0 atom stereocenters. The summed E-state index contributed by atoms with van der Waals surface area (Å²) >= 11 is 0. The maximum absolute atomic E-state index is 13.7. The summed E-state index contributed by atoms with van der Waals surface area (Å²) < 4.78 is 118. The number of rotatable bonds is 6. The molecule has 0 bridgehead atoms. The second-order valence-corrected chi connectivity index (χ2v) is 17.5. The molecule has 0 saturated heterocycles. The molecule has 0 radical (unpaired) electrons. The van der Waals surface area contributed by atoms with Crippen LogP contribution < -0.4 is 10.6 Å². The Kier molecular flexibility index (Phi) is 20.3. The minimum absolute atomic E-state index is 0. The molecular formula is C51H35F6N7O8S2Zn. The molecule has 6 aromatic carbocycles. The number of aromatic nitrogens is 3. The summed E-state index contributed by atoms with van der Waals surface area (Å²) in [6, 6.07) is 55.9. The molecule has 9 aromatic rings. The smallest absolute Gasteiger partial charge is 0.741 e. The maximum atomic E-state index is 13.7. The summed E-state index contributed by atoms with van der Waals surface area (Å²) in [6.45, 7) is 2.86.